The van der Waals surface area contributed by atoms with Crippen LogP contribution >= 0.6 is 0 Å². The molecule has 2 aliphatic heterocycles. The van der Waals surface area contributed by atoms with Crippen LogP contribution in [-0.4, -0.2) is 66.2 Å². The van der Waals surface area contributed by atoms with Crippen LogP contribution in [0, 0.1) is 10.1 Å². The summed E-state index contributed by atoms with van der Waals surface area (Å²) in [6.45, 7) is 1.32. The molecule has 1 fully saturated rings. The molecule has 2 heterocycles. The minimum atomic E-state index is -0.630. The summed E-state index contributed by atoms with van der Waals surface area (Å²) in [6.07, 6.45) is 0. The molecule has 0 bridgehead atoms. The number of hydrogen-bond acceptors (Lipinski definition) is 7. The number of morpholine rings is 1. The first-order chi connectivity index (χ1) is 13.0. The third-order valence-corrected chi connectivity index (χ3v) is 4.91. The molecule has 2 amide bonds. The predicted octanol–water partition coefficient (Wildman–Crippen LogP) is 1.17. The van der Waals surface area contributed by atoms with Crippen LogP contribution in [0.4, 0.5) is 11.4 Å². The maximum Gasteiger partial charge on any atom is 0.293 e. The largest absolute Gasteiger partial charge is 0.395 e. The number of β-amino-alcohol motifs (C(OH)–C–C–N with tert-alkyl or cyclic N) is 1. The lowest BCUT2D eigenvalue weighted by molar-refractivity contribution is -0.384. The molecule has 2 aromatic carbocycles. The third kappa shape index (κ3) is 2.63. The second-order valence-electron chi connectivity index (χ2n) is 6.36. The van der Waals surface area contributed by atoms with Gasteiger partial charge in [-0.25, -0.2) is 0 Å². The van der Waals surface area contributed by atoms with Crippen molar-refractivity contribution in [3.8, 4) is 0 Å². The van der Waals surface area contributed by atoms with Crippen LogP contribution in [0.2, 0.25) is 0 Å². The summed E-state index contributed by atoms with van der Waals surface area (Å²) in [5.74, 6) is -1.14. The predicted molar refractivity (Wildman–Crippen MR) is 96.1 cm³/mol. The van der Waals surface area contributed by atoms with E-state index in [-0.39, 0.29) is 24.4 Å². The number of carbonyl (C=O) groups excluding carboxylic acids is 2. The van der Waals surface area contributed by atoms with Crippen molar-refractivity contribution in [1.29, 1.82) is 0 Å². The number of carbonyl (C=O) groups is 2. The molecule has 2 aromatic rings. The Balaban J connectivity index is 2.03. The van der Waals surface area contributed by atoms with Crippen LogP contribution < -0.4 is 4.90 Å². The smallest absolute Gasteiger partial charge is 0.293 e. The van der Waals surface area contributed by atoms with E-state index in [9.17, 15) is 24.8 Å². The molecular formula is C18H17N3O6. The molecule has 0 spiro atoms. The average Bonchev–Trinajstić information content (AvgIpc) is 2.69. The van der Waals surface area contributed by atoms with Crippen molar-refractivity contribution in [2.24, 2.45) is 0 Å². The molecule has 0 aliphatic carbocycles. The zero-order chi connectivity index (χ0) is 19.1. The lowest BCUT2D eigenvalue weighted by atomic mass is 9.91. The van der Waals surface area contributed by atoms with Gasteiger partial charge in [0.1, 0.15) is 5.69 Å². The fourth-order valence-electron chi connectivity index (χ4n) is 3.75. The highest BCUT2D eigenvalue weighted by atomic mass is 16.6. The summed E-state index contributed by atoms with van der Waals surface area (Å²) in [4.78, 5) is 39.6. The van der Waals surface area contributed by atoms with E-state index in [1.807, 2.05) is 4.90 Å². The Hall–Kier alpha value is -3.04. The molecule has 9 heteroatoms. The number of ether oxygens (including phenoxy) is 1. The molecule has 0 unspecified atom stereocenters. The molecule has 9 nitrogen and oxygen atoms in total. The number of imide groups is 1. The SMILES string of the molecule is O=C1c2cccc3c(N4CCOCC4)c([N+](=O)[O-])cc(c23)C(=O)N1CCO. The Bertz CT molecular complexity index is 967. The van der Waals surface area contributed by atoms with E-state index >= 15 is 0 Å². The van der Waals surface area contributed by atoms with Gasteiger partial charge in [0.05, 0.1) is 36.9 Å². The van der Waals surface area contributed by atoms with Gasteiger partial charge in [-0.1, -0.05) is 12.1 Å². The summed E-state index contributed by atoms with van der Waals surface area (Å²) in [5, 5.41) is 21.9. The fraction of sp³-hybridized carbons (Fsp3) is 0.333. The zero-order valence-corrected chi connectivity index (χ0v) is 14.4. The Kier molecular flexibility index (Phi) is 4.25. The van der Waals surface area contributed by atoms with Gasteiger partial charge in [0.2, 0.25) is 0 Å². The molecule has 27 heavy (non-hydrogen) atoms. The lowest BCUT2D eigenvalue weighted by Crippen LogP contribution is -2.42. The normalized spacial score (nSPS) is 16.9. The number of rotatable bonds is 4. The van der Waals surface area contributed by atoms with E-state index < -0.39 is 16.7 Å². The van der Waals surface area contributed by atoms with Gasteiger partial charge < -0.3 is 14.7 Å². The fourth-order valence-corrected chi connectivity index (χ4v) is 3.75. The Labute approximate surface area is 153 Å². The maximum atomic E-state index is 12.8. The molecule has 0 saturated carbocycles. The topological polar surface area (TPSA) is 113 Å². The molecule has 140 valence electrons. The summed E-state index contributed by atoms with van der Waals surface area (Å²) in [7, 11) is 0. The van der Waals surface area contributed by atoms with E-state index in [2.05, 4.69) is 0 Å². The van der Waals surface area contributed by atoms with Crippen molar-refractivity contribution < 1.29 is 24.4 Å². The Morgan fingerprint density at radius 3 is 2.52 bits per heavy atom. The molecule has 0 aromatic heterocycles. The van der Waals surface area contributed by atoms with Gasteiger partial charge in [0.25, 0.3) is 17.5 Å². The first-order valence-electron chi connectivity index (χ1n) is 8.58. The van der Waals surface area contributed by atoms with Crippen LogP contribution in [0.5, 0.6) is 0 Å². The zero-order valence-electron chi connectivity index (χ0n) is 14.4. The number of benzene rings is 2. The van der Waals surface area contributed by atoms with E-state index in [0.29, 0.717) is 48.3 Å². The first kappa shape index (κ1) is 17.4. The van der Waals surface area contributed by atoms with Gasteiger partial charge in [-0.3, -0.25) is 24.6 Å². The molecule has 1 N–H and O–H groups in total. The average molecular weight is 371 g/mol. The van der Waals surface area contributed by atoms with Crippen molar-refractivity contribution in [3.05, 3.63) is 45.5 Å². The van der Waals surface area contributed by atoms with Crippen molar-refractivity contribution >= 4 is 34.0 Å². The van der Waals surface area contributed by atoms with Crippen molar-refractivity contribution in [2.75, 3.05) is 44.4 Å². The van der Waals surface area contributed by atoms with Crippen LogP contribution in [0.3, 0.4) is 0 Å². The molecule has 2 aliphatic rings. The number of hydrogen-bond donors (Lipinski definition) is 1. The molecular weight excluding hydrogens is 354 g/mol. The number of amides is 2. The first-order valence-corrected chi connectivity index (χ1v) is 8.58. The number of nitro benzene ring substituents is 1. The van der Waals surface area contributed by atoms with Crippen LogP contribution in [0.15, 0.2) is 24.3 Å². The van der Waals surface area contributed by atoms with Gasteiger partial charge in [0, 0.05) is 35.5 Å². The van der Waals surface area contributed by atoms with Crippen LogP contribution in [-0.2, 0) is 4.74 Å². The number of aliphatic hydroxyl groups excluding tert-OH is 1. The van der Waals surface area contributed by atoms with Crippen LogP contribution in [0.1, 0.15) is 20.7 Å². The number of aliphatic hydroxyl groups is 1. The van der Waals surface area contributed by atoms with E-state index in [4.69, 9.17) is 4.74 Å². The molecule has 1 saturated heterocycles. The van der Waals surface area contributed by atoms with Gasteiger partial charge in [-0.2, -0.15) is 0 Å². The standard InChI is InChI=1S/C18H17N3O6/c22-7-4-20-17(23)12-3-1-2-11-15(12)13(18(20)24)10-14(21(25)26)16(11)19-5-8-27-9-6-19/h1-3,10,22H,4-9H2. The molecule has 0 radical (unpaired) electrons. The summed E-state index contributed by atoms with van der Waals surface area (Å²) in [6, 6.07) is 6.19. The van der Waals surface area contributed by atoms with E-state index in [0.717, 1.165) is 4.90 Å². The maximum absolute atomic E-state index is 12.8. The lowest BCUT2D eigenvalue weighted by Gasteiger charge is -2.32. The highest BCUT2D eigenvalue weighted by Crippen LogP contribution is 2.42. The van der Waals surface area contributed by atoms with Crippen molar-refractivity contribution in [3.63, 3.8) is 0 Å². The minimum Gasteiger partial charge on any atom is -0.395 e. The Morgan fingerprint density at radius 2 is 1.85 bits per heavy atom. The highest BCUT2D eigenvalue weighted by Gasteiger charge is 2.37. The highest BCUT2D eigenvalue weighted by molar-refractivity contribution is 6.27. The monoisotopic (exact) mass is 371 g/mol. The van der Waals surface area contributed by atoms with Gasteiger partial charge in [-0.05, 0) is 6.07 Å². The van der Waals surface area contributed by atoms with Gasteiger partial charge in [0.15, 0.2) is 0 Å². The van der Waals surface area contributed by atoms with Crippen molar-refractivity contribution in [2.45, 2.75) is 0 Å². The molecule has 0 atom stereocenters. The quantitative estimate of drug-likeness (QED) is 0.488. The number of nitro groups is 1. The minimum absolute atomic E-state index is 0.109. The summed E-state index contributed by atoms with van der Waals surface area (Å²) < 4.78 is 5.34. The van der Waals surface area contributed by atoms with Gasteiger partial charge in [-0.15, -0.1) is 0 Å². The summed E-state index contributed by atoms with van der Waals surface area (Å²) >= 11 is 0. The second kappa shape index (κ2) is 6.60. The van der Waals surface area contributed by atoms with E-state index in [1.54, 1.807) is 18.2 Å². The number of anilines is 1. The van der Waals surface area contributed by atoms with Crippen LogP contribution in [0.25, 0.3) is 10.8 Å². The third-order valence-electron chi connectivity index (χ3n) is 4.91. The van der Waals surface area contributed by atoms with E-state index in [1.165, 1.54) is 6.07 Å². The van der Waals surface area contributed by atoms with Gasteiger partial charge >= 0.3 is 0 Å². The van der Waals surface area contributed by atoms with Crippen molar-refractivity contribution in [1.82, 2.24) is 4.90 Å². The second-order valence-corrected chi connectivity index (χ2v) is 6.36. The summed E-state index contributed by atoms with van der Waals surface area (Å²) in [5.41, 5.74) is 0.639. The molecule has 4 rings (SSSR count). The Morgan fingerprint density at radius 1 is 1.15 bits per heavy atom. The number of nitrogens with zero attached hydrogens (tertiary/aromatic N) is 3.